The number of amides is 1. The lowest BCUT2D eigenvalue weighted by Crippen LogP contribution is -2.53. The van der Waals surface area contributed by atoms with E-state index in [-0.39, 0.29) is 36.8 Å². The van der Waals surface area contributed by atoms with Crippen molar-refractivity contribution in [3.8, 4) is 11.3 Å². The van der Waals surface area contributed by atoms with Gasteiger partial charge in [0.1, 0.15) is 0 Å². The average Bonchev–Trinajstić information content (AvgIpc) is 3.10. The first-order valence-corrected chi connectivity index (χ1v) is 9.70. The molecule has 0 aliphatic heterocycles. The molecule has 26 heavy (non-hydrogen) atoms. The van der Waals surface area contributed by atoms with Crippen molar-refractivity contribution in [1.29, 1.82) is 0 Å². The van der Waals surface area contributed by atoms with Crippen LogP contribution in [0.25, 0.3) is 11.3 Å². The molecule has 0 saturated heterocycles. The van der Waals surface area contributed by atoms with Crippen molar-refractivity contribution >= 4 is 42.1 Å². The van der Waals surface area contributed by atoms with Gasteiger partial charge < -0.3 is 11.1 Å². The maximum absolute atomic E-state index is 12.8. The third-order valence-electron chi connectivity index (χ3n) is 5.53. The van der Waals surface area contributed by atoms with E-state index in [9.17, 15) is 4.79 Å². The molecule has 2 saturated carbocycles. The molecule has 4 rings (SSSR count). The van der Waals surface area contributed by atoms with Gasteiger partial charge in [-0.15, -0.1) is 36.2 Å². The first-order chi connectivity index (χ1) is 11.7. The van der Waals surface area contributed by atoms with Gasteiger partial charge in [0, 0.05) is 28.6 Å². The number of aromatic nitrogens is 1. The third kappa shape index (κ3) is 4.39. The highest BCUT2D eigenvalue weighted by atomic mass is 35.5. The van der Waals surface area contributed by atoms with E-state index in [1.807, 2.05) is 35.2 Å². The number of halogens is 2. The Morgan fingerprint density at radius 2 is 1.92 bits per heavy atom. The number of thiazole rings is 1. The molecule has 2 unspecified atom stereocenters. The van der Waals surface area contributed by atoms with Crippen LogP contribution in [0.2, 0.25) is 0 Å². The lowest BCUT2D eigenvalue weighted by atomic mass is 9.67. The minimum atomic E-state index is 0. The lowest BCUT2D eigenvalue weighted by Gasteiger charge is -2.45. The Kier molecular flexibility index (Phi) is 7.47. The molecule has 1 heterocycles. The van der Waals surface area contributed by atoms with Crippen molar-refractivity contribution in [2.24, 2.45) is 17.6 Å². The maximum atomic E-state index is 12.8. The SMILES string of the molecule is Cl.Cl.NC1CC2CCCC(C1)C2NC(=O)c1cccc(-c2cscn2)c1. The van der Waals surface area contributed by atoms with E-state index >= 15 is 0 Å². The molecule has 2 atom stereocenters. The van der Waals surface area contributed by atoms with E-state index in [1.165, 1.54) is 19.3 Å². The smallest absolute Gasteiger partial charge is 0.251 e. The number of nitrogens with one attached hydrogen (secondary N) is 1. The molecular weight excluding hydrogens is 389 g/mol. The second-order valence-electron chi connectivity index (χ2n) is 7.14. The van der Waals surface area contributed by atoms with Crippen LogP contribution in [0, 0.1) is 11.8 Å². The number of fused-ring (bicyclic) bond motifs is 2. The number of hydrogen-bond acceptors (Lipinski definition) is 4. The standard InChI is InChI=1S/C19H23N3OS.2ClH/c20-16-8-13-4-2-5-14(9-16)18(13)22-19(23)15-6-1-3-12(7-15)17-10-24-11-21-17;;/h1,3,6-7,10-11,13-14,16,18H,2,4-5,8-9,20H2,(H,22,23);2*1H. The van der Waals surface area contributed by atoms with Gasteiger partial charge in [0.2, 0.25) is 0 Å². The van der Waals surface area contributed by atoms with Gasteiger partial charge in [-0.25, -0.2) is 4.98 Å². The number of benzene rings is 1. The average molecular weight is 414 g/mol. The predicted octanol–water partition coefficient (Wildman–Crippen LogP) is 4.29. The Hall–Kier alpha value is -1.14. The molecule has 7 heteroatoms. The molecule has 142 valence electrons. The van der Waals surface area contributed by atoms with Gasteiger partial charge >= 0.3 is 0 Å². The summed E-state index contributed by atoms with van der Waals surface area (Å²) >= 11 is 1.56. The molecule has 1 amide bonds. The van der Waals surface area contributed by atoms with E-state index < -0.39 is 0 Å². The van der Waals surface area contributed by atoms with Crippen LogP contribution < -0.4 is 11.1 Å². The summed E-state index contributed by atoms with van der Waals surface area (Å²) in [6.45, 7) is 0. The highest BCUT2D eigenvalue weighted by molar-refractivity contribution is 7.07. The van der Waals surface area contributed by atoms with Crippen molar-refractivity contribution in [3.05, 3.63) is 40.7 Å². The first kappa shape index (κ1) is 21.2. The van der Waals surface area contributed by atoms with Gasteiger partial charge in [-0.3, -0.25) is 4.79 Å². The minimum Gasteiger partial charge on any atom is -0.349 e. The summed E-state index contributed by atoms with van der Waals surface area (Å²) in [7, 11) is 0. The summed E-state index contributed by atoms with van der Waals surface area (Å²) in [6.07, 6.45) is 5.73. The molecule has 2 bridgehead atoms. The number of nitrogens with zero attached hydrogens (tertiary/aromatic N) is 1. The van der Waals surface area contributed by atoms with Crippen molar-refractivity contribution < 1.29 is 4.79 Å². The monoisotopic (exact) mass is 413 g/mol. The number of carbonyl (C=O) groups is 1. The zero-order chi connectivity index (χ0) is 16.5. The molecule has 0 radical (unpaired) electrons. The van der Waals surface area contributed by atoms with Crippen LogP contribution in [0.15, 0.2) is 35.2 Å². The summed E-state index contributed by atoms with van der Waals surface area (Å²) in [5.41, 5.74) is 10.6. The minimum absolute atomic E-state index is 0. The molecule has 0 spiro atoms. The van der Waals surface area contributed by atoms with Gasteiger partial charge in [0.15, 0.2) is 0 Å². The molecule has 4 nitrogen and oxygen atoms in total. The van der Waals surface area contributed by atoms with Gasteiger partial charge in [0.25, 0.3) is 5.91 Å². The van der Waals surface area contributed by atoms with Gasteiger partial charge in [-0.2, -0.15) is 0 Å². The van der Waals surface area contributed by atoms with E-state index in [4.69, 9.17) is 5.73 Å². The van der Waals surface area contributed by atoms with Gasteiger partial charge in [-0.1, -0.05) is 18.6 Å². The fourth-order valence-corrected chi connectivity index (χ4v) is 5.00. The largest absolute Gasteiger partial charge is 0.349 e. The number of nitrogens with two attached hydrogens (primary N) is 1. The van der Waals surface area contributed by atoms with E-state index in [2.05, 4.69) is 10.3 Å². The van der Waals surface area contributed by atoms with Crippen molar-refractivity contribution in [2.75, 3.05) is 0 Å². The lowest BCUT2D eigenvalue weighted by molar-refractivity contribution is 0.0756. The Labute approximate surface area is 170 Å². The van der Waals surface area contributed by atoms with Crippen LogP contribution in [-0.2, 0) is 0 Å². The third-order valence-corrected chi connectivity index (χ3v) is 6.11. The molecule has 1 aromatic carbocycles. The first-order valence-electron chi connectivity index (χ1n) is 8.76. The van der Waals surface area contributed by atoms with Crippen LogP contribution in [0.4, 0.5) is 0 Å². The van der Waals surface area contributed by atoms with Crippen LogP contribution in [0.5, 0.6) is 0 Å². The van der Waals surface area contributed by atoms with Crippen LogP contribution in [0.1, 0.15) is 42.5 Å². The second-order valence-corrected chi connectivity index (χ2v) is 7.85. The maximum Gasteiger partial charge on any atom is 0.251 e. The van der Waals surface area contributed by atoms with Crippen LogP contribution in [0.3, 0.4) is 0 Å². The molecular formula is C19H25Cl2N3OS. The van der Waals surface area contributed by atoms with Crippen molar-refractivity contribution in [1.82, 2.24) is 10.3 Å². The molecule has 1 aromatic heterocycles. The van der Waals surface area contributed by atoms with E-state index in [1.54, 1.807) is 11.3 Å². The summed E-state index contributed by atoms with van der Waals surface area (Å²) in [5.74, 6) is 1.11. The van der Waals surface area contributed by atoms with Crippen molar-refractivity contribution in [3.63, 3.8) is 0 Å². The van der Waals surface area contributed by atoms with E-state index in [0.29, 0.717) is 23.4 Å². The summed E-state index contributed by atoms with van der Waals surface area (Å²) < 4.78 is 0. The number of carbonyl (C=O) groups excluding carboxylic acids is 1. The van der Waals surface area contributed by atoms with Gasteiger partial charge in [0.05, 0.1) is 11.2 Å². The Morgan fingerprint density at radius 3 is 2.58 bits per heavy atom. The zero-order valence-corrected chi connectivity index (χ0v) is 16.9. The molecule has 2 aromatic rings. The highest BCUT2D eigenvalue weighted by Gasteiger charge is 2.39. The topological polar surface area (TPSA) is 68.0 Å². The zero-order valence-electron chi connectivity index (χ0n) is 14.5. The predicted molar refractivity (Wildman–Crippen MR) is 111 cm³/mol. The normalized spacial score (nSPS) is 27.0. The van der Waals surface area contributed by atoms with Crippen LogP contribution >= 0.6 is 36.2 Å². The molecule has 2 aliphatic carbocycles. The summed E-state index contributed by atoms with van der Waals surface area (Å²) in [6, 6.07) is 8.35. The van der Waals surface area contributed by atoms with E-state index in [0.717, 1.165) is 24.1 Å². The Balaban J connectivity index is 0.00000121. The fourth-order valence-electron chi connectivity index (χ4n) is 4.43. The number of hydrogen-bond donors (Lipinski definition) is 2. The van der Waals surface area contributed by atoms with Crippen LogP contribution in [-0.4, -0.2) is 23.0 Å². The Morgan fingerprint density at radius 1 is 1.19 bits per heavy atom. The molecule has 2 fully saturated rings. The number of rotatable bonds is 3. The molecule has 3 N–H and O–H groups in total. The summed E-state index contributed by atoms with van der Waals surface area (Å²) in [4.78, 5) is 17.1. The second kappa shape index (κ2) is 9.18. The fraction of sp³-hybridized carbons (Fsp3) is 0.474. The highest BCUT2D eigenvalue weighted by Crippen LogP contribution is 2.39. The quantitative estimate of drug-likeness (QED) is 0.788. The van der Waals surface area contributed by atoms with Crippen molar-refractivity contribution in [2.45, 2.75) is 44.2 Å². The Bertz CT molecular complexity index is 711. The van der Waals surface area contributed by atoms with Gasteiger partial charge in [-0.05, 0) is 49.7 Å². The summed E-state index contributed by atoms with van der Waals surface area (Å²) in [5, 5.41) is 5.32. The molecule has 2 aliphatic rings.